The Labute approximate surface area is 117 Å². The summed E-state index contributed by atoms with van der Waals surface area (Å²) in [6.07, 6.45) is -3.73. The number of halogens is 3. The van der Waals surface area contributed by atoms with Gasteiger partial charge < -0.3 is 15.2 Å². The van der Waals surface area contributed by atoms with Crippen molar-refractivity contribution < 1.29 is 23.4 Å². The Bertz CT molecular complexity index is 538. The number of hydrogen-bond donors (Lipinski definition) is 2. The summed E-state index contributed by atoms with van der Waals surface area (Å²) in [6, 6.07) is 0. The monoisotopic (exact) mass is 311 g/mol. The molecule has 0 saturated heterocycles. The largest absolute Gasteiger partial charge is 0.468 e. The maximum atomic E-state index is 12.1. The minimum absolute atomic E-state index is 0.0162. The molecule has 0 spiro atoms. The van der Waals surface area contributed by atoms with E-state index in [4.69, 9.17) is 16.7 Å². The standard InChI is InChI=1S/C10H12ClF2N3O4/c1-20-7(18)4-16-10(19)8(11)5(2-15-16)14-3-6(17)9(12)13/h2,6,9,14,17H,3-4H2,1H3. The number of alkyl halides is 2. The molecule has 1 heterocycles. The van der Waals surface area contributed by atoms with Gasteiger partial charge in [-0.3, -0.25) is 9.59 Å². The van der Waals surface area contributed by atoms with Crippen molar-refractivity contribution in [1.82, 2.24) is 9.78 Å². The van der Waals surface area contributed by atoms with Gasteiger partial charge in [0.15, 0.2) is 0 Å². The molecular formula is C10H12ClF2N3O4. The Balaban J connectivity index is 2.84. The topological polar surface area (TPSA) is 93.5 Å². The van der Waals surface area contributed by atoms with Crippen LogP contribution >= 0.6 is 11.6 Å². The average Bonchev–Trinajstić information content (AvgIpc) is 2.42. The van der Waals surface area contributed by atoms with Crippen molar-refractivity contribution in [3.63, 3.8) is 0 Å². The van der Waals surface area contributed by atoms with Crippen LogP contribution < -0.4 is 10.9 Å². The number of aromatic nitrogens is 2. The summed E-state index contributed by atoms with van der Waals surface area (Å²) in [7, 11) is 1.15. The molecule has 2 N–H and O–H groups in total. The fourth-order valence-corrected chi connectivity index (χ4v) is 1.40. The van der Waals surface area contributed by atoms with Gasteiger partial charge in [0.25, 0.3) is 12.0 Å². The van der Waals surface area contributed by atoms with Crippen molar-refractivity contribution in [1.29, 1.82) is 0 Å². The maximum Gasteiger partial charge on any atom is 0.327 e. The molecule has 0 bridgehead atoms. The van der Waals surface area contributed by atoms with Gasteiger partial charge in [-0.2, -0.15) is 5.10 Å². The number of hydrogen-bond acceptors (Lipinski definition) is 6. The van der Waals surface area contributed by atoms with Crippen LogP contribution in [0.4, 0.5) is 14.5 Å². The summed E-state index contributed by atoms with van der Waals surface area (Å²) in [5.41, 5.74) is -0.800. The third-order valence-electron chi connectivity index (χ3n) is 2.28. The zero-order chi connectivity index (χ0) is 15.3. The van der Waals surface area contributed by atoms with Crippen LogP contribution in [0, 0.1) is 0 Å². The number of nitrogens with zero attached hydrogens (tertiary/aromatic N) is 2. The third kappa shape index (κ3) is 4.14. The minimum Gasteiger partial charge on any atom is -0.468 e. The number of methoxy groups -OCH3 is 1. The molecule has 20 heavy (non-hydrogen) atoms. The van der Waals surface area contributed by atoms with Crippen LogP contribution in [0.25, 0.3) is 0 Å². The van der Waals surface area contributed by atoms with Crippen LogP contribution in [0.2, 0.25) is 5.02 Å². The minimum atomic E-state index is -2.92. The Morgan fingerprint density at radius 1 is 1.65 bits per heavy atom. The number of aliphatic hydroxyl groups is 1. The molecule has 112 valence electrons. The van der Waals surface area contributed by atoms with Crippen molar-refractivity contribution >= 4 is 23.3 Å². The number of nitrogens with one attached hydrogen (secondary N) is 1. The van der Waals surface area contributed by atoms with E-state index in [1.165, 1.54) is 0 Å². The van der Waals surface area contributed by atoms with Crippen molar-refractivity contribution in [3.05, 3.63) is 21.6 Å². The van der Waals surface area contributed by atoms with Gasteiger partial charge in [0, 0.05) is 6.54 Å². The van der Waals surface area contributed by atoms with Gasteiger partial charge in [-0.1, -0.05) is 11.6 Å². The summed E-state index contributed by atoms with van der Waals surface area (Å²) in [4.78, 5) is 22.8. The number of rotatable bonds is 6. The quantitative estimate of drug-likeness (QED) is 0.724. The maximum absolute atomic E-state index is 12.1. The molecule has 0 amide bonds. The highest BCUT2D eigenvalue weighted by Gasteiger charge is 2.18. The molecule has 0 fully saturated rings. The van der Waals surface area contributed by atoms with Gasteiger partial charge in [-0.15, -0.1) is 0 Å². The van der Waals surface area contributed by atoms with Crippen LogP contribution in [0.1, 0.15) is 0 Å². The normalized spacial score (nSPS) is 12.3. The summed E-state index contributed by atoms with van der Waals surface area (Å²) in [6.45, 7) is -0.922. The number of carbonyl (C=O) groups excluding carboxylic acids is 1. The van der Waals surface area contributed by atoms with Crippen molar-refractivity contribution in [3.8, 4) is 0 Å². The molecular weight excluding hydrogens is 300 g/mol. The summed E-state index contributed by atoms with van der Waals surface area (Å²) < 4.78 is 29.3. The molecule has 0 radical (unpaired) electrons. The number of aliphatic hydroxyl groups excluding tert-OH is 1. The number of anilines is 1. The number of ether oxygens (including phenoxy) is 1. The average molecular weight is 312 g/mol. The zero-order valence-electron chi connectivity index (χ0n) is 10.3. The predicted octanol–water partition coefficient (Wildman–Crippen LogP) is 0.108. The van der Waals surface area contributed by atoms with Crippen LogP contribution in [0.5, 0.6) is 0 Å². The lowest BCUT2D eigenvalue weighted by Crippen LogP contribution is -2.30. The molecule has 1 unspecified atom stereocenters. The van der Waals surface area contributed by atoms with E-state index in [1.54, 1.807) is 0 Å². The van der Waals surface area contributed by atoms with Gasteiger partial charge in [0.1, 0.15) is 17.7 Å². The molecule has 1 atom stereocenters. The van der Waals surface area contributed by atoms with Gasteiger partial charge >= 0.3 is 5.97 Å². The van der Waals surface area contributed by atoms with Crippen LogP contribution in [-0.2, 0) is 16.1 Å². The van der Waals surface area contributed by atoms with Crippen molar-refractivity contribution in [2.45, 2.75) is 19.1 Å². The first-order valence-electron chi connectivity index (χ1n) is 5.39. The van der Waals surface area contributed by atoms with Crippen LogP contribution in [0.3, 0.4) is 0 Å². The second-order valence-electron chi connectivity index (χ2n) is 3.69. The zero-order valence-corrected chi connectivity index (χ0v) is 11.1. The van der Waals surface area contributed by atoms with Crippen LogP contribution in [0.15, 0.2) is 11.0 Å². The van der Waals surface area contributed by atoms with E-state index in [1.807, 2.05) is 0 Å². The van der Waals surface area contributed by atoms with E-state index in [9.17, 15) is 18.4 Å². The highest BCUT2D eigenvalue weighted by atomic mass is 35.5. The lowest BCUT2D eigenvalue weighted by molar-refractivity contribution is -0.141. The highest BCUT2D eigenvalue weighted by Crippen LogP contribution is 2.15. The molecule has 7 nitrogen and oxygen atoms in total. The first kappa shape index (κ1) is 16.3. The van der Waals surface area contributed by atoms with E-state index >= 15 is 0 Å². The van der Waals surface area contributed by atoms with Gasteiger partial charge in [-0.25, -0.2) is 13.5 Å². The number of carbonyl (C=O) groups is 1. The second kappa shape index (κ2) is 7.15. The number of esters is 1. The first-order valence-corrected chi connectivity index (χ1v) is 5.77. The molecule has 1 rings (SSSR count). The van der Waals surface area contributed by atoms with Crippen LogP contribution in [-0.4, -0.2) is 47.0 Å². The fraction of sp³-hybridized carbons (Fsp3) is 0.500. The molecule has 1 aromatic heterocycles. The second-order valence-corrected chi connectivity index (χ2v) is 4.07. The van der Waals surface area contributed by atoms with Gasteiger partial charge in [-0.05, 0) is 0 Å². The highest BCUT2D eigenvalue weighted by molar-refractivity contribution is 6.32. The smallest absolute Gasteiger partial charge is 0.327 e. The first-order chi connectivity index (χ1) is 9.36. The summed E-state index contributed by atoms with van der Waals surface area (Å²) in [5, 5.41) is 14.6. The Morgan fingerprint density at radius 3 is 2.85 bits per heavy atom. The van der Waals surface area contributed by atoms with Gasteiger partial charge in [0.2, 0.25) is 0 Å². The Morgan fingerprint density at radius 2 is 2.30 bits per heavy atom. The molecule has 0 aliphatic carbocycles. The Kier molecular flexibility index (Phi) is 5.83. The molecule has 0 aliphatic rings. The fourth-order valence-electron chi connectivity index (χ4n) is 1.19. The van der Waals surface area contributed by atoms with E-state index in [0.29, 0.717) is 0 Å². The summed E-state index contributed by atoms with van der Waals surface area (Å²) in [5.74, 6) is -0.690. The SMILES string of the molecule is COC(=O)Cn1ncc(NCC(O)C(F)F)c(Cl)c1=O. The molecule has 10 heteroatoms. The lowest BCUT2D eigenvalue weighted by atomic mass is 10.3. The molecule has 1 aromatic rings. The van der Waals surface area contributed by atoms with Crippen molar-refractivity contribution in [2.24, 2.45) is 0 Å². The summed E-state index contributed by atoms with van der Waals surface area (Å²) >= 11 is 5.73. The van der Waals surface area contributed by atoms with E-state index < -0.39 is 37.1 Å². The van der Waals surface area contributed by atoms with E-state index in [2.05, 4.69) is 15.2 Å². The van der Waals surface area contributed by atoms with Crippen molar-refractivity contribution in [2.75, 3.05) is 19.0 Å². The molecule has 0 aliphatic heterocycles. The Hall–Kier alpha value is -1.74. The molecule has 0 aromatic carbocycles. The lowest BCUT2D eigenvalue weighted by Gasteiger charge is -2.13. The molecule has 0 saturated carbocycles. The third-order valence-corrected chi connectivity index (χ3v) is 2.65. The van der Waals surface area contributed by atoms with E-state index in [0.717, 1.165) is 18.0 Å². The van der Waals surface area contributed by atoms with Gasteiger partial charge in [0.05, 0.1) is 19.0 Å². The van der Waals surface area contributed by atoms with E-state index in [-0.39, 0.29) is 10.7 Å². The predicted molar refractivity (Wildman–Crippen MR) is 66.0 cm³/mol.